The van der Waals surface area contributed by atoms with Crippen LogP contribution in [0.5, 0.6) is 5.75 Å². The van der Waals surface area contributed by atoms with E-state index in [1.165, 1.54) is 32.4 Å². The fourth-order valence-electron chi connectivity index (χ4n) is 6.11. The van der Waals surface area contributed by atoms with Gasteiger partial charge in [0, 0.05) is 31.1 Å². The standard InChI is InChI=1S/C43H56O11/c1-8-9-10-11-15-19-39(45)53-41-35(27-40(46)48-6)26-37(54-43(41,49-7)42(3,4)24-16-25-44)28-38(51-30-34-20-22-36(47-5)23-21-34)32(2)52-31-50-29-33-17-13-12-14-18-33/h10-25,27,32,37-38,41H,8-9,26,28-31H2,1-7H3/t32-,37+,38-,41+,43-/m1/s1. The van der Waals surface area contributed by atoms with Crippen molar-refractivity contribution < 1.29 is 52.3 Å². The van der Waals surface area contributed by atoms with Gasteiger partial charge >= 0.3 is 11.9 Å². The summed E-state index contributed by atoms with van der Waals surface area (Å²) in [5.41, 5.74) is 1.26. The largest absolute Gasteiger partial charge is 0.497 e. The molecule has 294 valence electrons. The van der Waals surface area contributed by atoms with Crippen LogP contribution in [-0.4, -0.2) is 76.6 Å². The number of allylic oxidation sites excluding steroid dienone is 4. The number of carbonyl (C=O) groups excluding carboxylic acids is 3. The van der Waals surface area contributed by atoms with Crippen LogP contribution in [0.15, 0.2) is 103 Å². The summed E-state index contributed by atoms with van der Waals surface area (Å²) in [6.07, 6.45) is 10.9. The smallest absolute Gasteiger partial charge is 0.331 e. The Balaban J connectivity index is 1.98. The first-order chi connectivity index (χ1) is 26.0. The molecule has 2 aromatic rings. The second kappa shape index (κ2) is 22.7. The molecule has 2 aromatic carbocycles. The highest BCUT2D eigenvalue weighted by Crippen LogP contribution is 2.48. The Morgan fingerprint density at radius 3 is 2.31 bits per heavy atom. The van der Waals surface area contributed by atoms with Crippen LogP contribution in [0.2, 0.25) is 0 Å². The molecule has 0 bridgehead atoms. The highest BCUT2D eigenvalue weighted by Gasteiger charge is 2.59. The van der Waals surface area contributed by atoms with Crippen molar-refractivity contribution in [2.75, 3.05) is 28.1 Å². The Morgan fingerprint density at radius 2 is 1.67 bits per heavy atom. The molecule has 0 unspecified atom stereocenters. The molecule has 11 heteroatoms. The Labute approximate surface area is 319 Å². The Kier molecular flexibility index (Phi) is 18.5. The maximum absolute atomic E-state index is 13.3. The summed E-state index contributed by atoms with van der Waals surface area (Å²) in [5, 5.41) is 0. The van der Waals surface area contributed by atoms with Gasteiger partial charge in [-0.3, -0.25) is 4.79 Å². The number of hydrogen-bond donors (Lipinski definition) is 0. The summed E-state index contributed by atoms with van der Waals surface area (Å²) in [7, 11) is 4.31. The van der Waals surface area contributed by atoms with Gasteiger partial charge in [-0.1, -0.05) is 94.0 Å². The predicted molar refractivity (Wildman–Crippen MR) is 204 cm³/mol. The highest BCUT2D eigenvalue weighted by molar-refractivity contribution is 5.84. The van der Waals surface area contributed by atoms with Gasteiger partial charge in [0.25, 0.3) is 0 Å². The molecule has 1 fully saturated rings. The number of benzene rings is 2. The summed E-state index contributed by atoms with van der Waals surface area (Å²) in [4.78, 5) is 37.6. The molecule has 5 atom stereocenters. The number of aldehydes is 1. The van der Waals surface area contributed by atoms with Gasteiger partial charge < -0.3 is 37.9 Å². The van der Waals surface area contributed by atoms with E-state index in [1.54, 1.807) is 39.2 Å². The van der Waals surface area contributed by atoms with Crippen LogP contribution in [-0.2, 0) is 60.8 Å². The van der Waals surface area contributed by atoms with Crippen molar-refractivity contribution in [1.29, 1.82) is 0 Å². The van der Waals surface area contributed by atoms with Gasteiger partial charge in [0.05, 0.1) is 45.7 Å². The quantitative estimate of drug-likeness (QED) is 0.0299. The van der Waals surface area contributed by atoms with E-state index in [1.807, 2.05) is 67.6 Å². The third-order valence-electron chi connectivity index (χ3n) is 9.12. The van der Waals surface area contributed by atoms with E-state index < -0.39 is 47.6 Å². The minimum absolute atomic E-state index is 0.0161. The van der Waals surface area contributed by atoms with Crippen molar-refractivity contribution in [3.05, 3.63) is 114 Å². The summed E-state index contributed by atoms with van der Waals surface area (Å²) in [6.45, 7) is 8.20. The number of ether oxygens (including phenoxy) is 8. The fraction of sp³-hybridized carbons (Fsp3) is 0.465. The Bertz CT molecular complexity index is 1560. The minimum atomic E-state index is -1.71. The molecule has 1 aliphatic heterocycles. The molecule has 0 N–H and O–H groups in total. The van der Waals surface area contributed by atoms with E-state index in [-0.39, 0.29) is 26.2 Å². The maximum Gasteiger partial charge on any atom is 0.331 e. The van der Waals surface area contributed by atoms with Crippen LogP contribution in [0.25, 0.3) is 0 Å². The normalized spacial score (nSPS) is 21.1. The average molecular weight is 749 g/mol. The molecule has 1 aliphatic rings. The monoisotopic (exact) mass is 748 g/mol. The predicted octanol–water partition coefficient (Wildman–Crippen LogP) is 7.39. The molecule has 0 saturated carbocycles. The van der Waals surface area contributed by atoms with Crippen molar-refractivity contribution in [3.8, 4) is 5.75 Å². The molecule has 0 aromatic heterocycles. The summed E-state index contributed by atoms with van der Waals surface area (Å²) in [6, 6.07) is 17.4. The molecule has 3 rings (SSSR count). The average Bonchev–Trinajstić information content (AvgIpc) is 3.18. The number of methoxy groups -OCH3 is 3. The van der Waals surface area contributed by atoms with Gasteiger partial charge in [0.1, 0.15) is 18.8 Å². The van der Waals surface area contributed by atoms with Crippen LogP contribution < -0.4 is 4.74 Å². The van der Waals surface area contributed by atoms with Crippen LogP contribution in [0, 0.1) is 5.41 Å². The van der Waals surface area contributed by atoms with Crippen LogP contribution >= 0.6 is 0 Å². The van der Waals surface area contributed by atoms with Crippen molar-refractivity contribution >= 4 is 18.2 Å². The molecule has 0 spiro atoms. The SMILES string of the molecule is CCCC=CC=CC(=O)O[C@H]1C(=CC(=O)OC)C[C@@H](C[C@@H](OCc2ccc(OC)cc2)[C@@H](C)OCOCc2ccccc2)O[C@@]1(OC)C(C)(C)C=CC=O. The summed E-state index contributed by atoms with van der Waals surface area (Å²) >= 11 is 0. The number of esters is 2. The molecule has 54 heavy (non-hydrogen) atoms. The number of rotatable bonds is 22. The first-order valence-electron chi connectivity index (χ1n) is 18.2. The van der Waals surface area contributed by atoms with E-state index in [0.717, 1.165) is 29.7 Å². The van der Waals surface area contributed by atoms with E-state index in [9.17, 15) is 14.4 Å². The van der Waals surface area contributed by atoms with E-state index in [0.29, 0.717) is 18.5 Å². The van der Waals surface area contributed by atoms with Gasteiger partial charge in [0.2, 0.25) is 5.79 Å². The second-order valence-electron chi connectivity index (χ2n) is 13.4. The van der Waals surface area contributed by atoms with Crippen LogP contribution in [0.1, 0.15) is 64.5 Å². The van der Waals surface area contributed by atoms with Crippen molar-refractivity contribution in [2.24, 2.45) is 5.41 Å². The Morgan fingerprint density at radius 1 is 0.944 bits per heavy atom. The van der Waals surface area contributed by atoms with Gasteiger partial charge in [0.15, 0.2) is 6.10 Å². The number of carbonyl (C=O) groups is 3. The molecule has 0 amide bonds. The zero-order chi connectivity index (χ0) is 39.4. The number of unbranched alkanes of at least 4 members (excludes halogenated alkanes) is 1. The lowest BCUT2D eigenvalue weighted by Crippen LogP contribution is -2.63. The molecular formula is C43H56O11. The molecule has 0 radical (unpaired) electrons. The zero-order valence-electron chi connectivity index (χ0n) is 32.6. The lowest BCUT2D eigenvalue weighted by molar-refractivity contribution is -0.338. The summed E-state index contributed by atoms with van der Waals surface area (Å²) < 4.78 is 48.0. The lowest BCUT2D eigenvalue weighted by atomic mass is 9.74. The first kappa shape index (κ1) is 44.0. The topological polar surface area (TPSA) is 125 Å². The van der Waals surface area contributed by atoms with Crippen molar-refractivity contribution in [1.82, 2.24) is 0 Å². The van der Waals surface area contributed by atoms with Crippen LogP contribution in [0.4, 0.5) is 0 Å². The molecule has 1 heterocycles. The zero-order valence-corrected chi connectivity index (χ0v) is 32.6. The van der Waals surface area contributed by atoms with Gasteiger partial charge in [-0.15, -0.1) is 0 Å². The highest BCUT2D eigenvalue weighted by atomic mass is 16.7. The van der Waals surface area contributed by atoms with E-state index in [4.69, 9.17) is 37.9 Å². The van der Waals surface area contributed by atoms with E-state index >= 15 is 0 Å². The van der Waals surface area contributed by atoms with Crippen LogP contribution in [0.3, 0.4) is 0 Å². The fourth-order valence-corrected chi connectivity index (χ4v) is 6.11. The third kappa shape index (κ3) is 13.2. The molecule has 0 aliphatic carbocycles. The molecular weight excluding hydrogens is 692 g/mol. The van der Waals surface area contributed by atoms with Gasteiger partial charge in [-0.05, 0) is 54.7 Å². The maximum atomic E-state index is 13.3. The molecule has 1 saturated heterocycles. The van der Waals surface area contributed by atoms with E-state index in [2.05, 4.69) is 6.92 Å². The minimum Gasteiger partial charge on any atom is -0.497 e. The van der Waals surface area contributed by atoms with Gasteiger partial charge in [-0.25, -0.2) is 9.59 Å². The van der Waals surface area contributed by atoms with Crippen molar-refractivity contribution in [2.45, 2.75) is 96.8 Å². The van der Waals surface area contributed by atoms with Crippen molar-refractivity contribution in [3.63, 3.8) is 0 Å². The third-order valence-corrected chi connectivity index (χ3v) is 9.12. The second-order valence-corrected chi connectivity index (χ2v) is 13.4. The number of hydrogen-bond acceptors (Lipinski definition) is 11. The first-order valence-corrected chi connectivity index (χ1v) is 18.2. The van der Waals surface area contributed by atoms with Gasteiger partial charge in [-0.2, -0.15) is 0 Å². The Hall–Kier alpha value is -4.39. The molecule has 11 nitrogen and oxygen atoms in total. The lowest BCUT2D eigenvalue weighted by Gasteiger charge is -2.53. The summed E-state index contributed by atoms with van der Waals surface area (Å²) in [5.74, 6) is -2.30.